The first-order valence-corrected chi connectivity index (χ1v) is 5.61. The molecule has 2 nitrogen and oxygen atoms in total. The molecule has 0 aliphatic carbocycles. The number of aliphatic hydroxyl groups is 1. The number of benzene rings is 1. The average Bonchev–Trinajstić information content (AvgIpc) is 2.15. The molecule has 17 heavy (non-hydrogen) atoms. The number of hydrogen-bond donors (Lipinski definition) is 2. The minimum atomic E-state index is -1.22. The predicted octanol–water partition coefficient (Wildman–Crippen LogP) is 2.76. The molecule has 1 aromatic rings. The van der Waals surface area contributed by atoms with Crippen molar-refractivity contribution in [3.8, 4) is 0 Å². The van der Waals surface area contributed by atoms with E-state index in [1.54, 1.807) is 0 Å². The smallest absolute Gasteiger partial charge is 0.131 e. The summed E-state index contributed by atoms with van der Waals surface area (Å²) in [6.07, 6.45) is -1.09. The van der Waals surface area contributed by atoms with Crippen molar-refractivity contribution in [3.05, 3.63) is 35.4 Å². The van der Waals surface area contributed by atoms with Gasteiger partial charge in [0.2, 0.25) is 0 Å². The standard InChI is InChI=1S/C13H19F2NO/c1-13(2,3)11(16)7-10(17)12-8(14)5-4-6-9(12)15/h4-6,10-11,17H,7,16H2,1-3H3/t10-,11-/m0/s1. The van der Waals surface area contributed by atoms with E-state index >= 15 is 0 Å². The van der Waals surface area contributed by atoms with E-state index in [0.29, 0.717) is 0 Å². The van der Waals surface area contributed by atoms with E-state index < -0.39 is 17.7 Å². The van der Waals surface area contributed by atoms with Crippen molar-refractivity contribution in [1.29, 1.82) is 0 Å². The van der Waals surface area contributed by atoms with E-state index in [0.717, 1.165) is 12.1 Å². The van der Waals surface area contributed by atoms with E-state index in [1.807, 2.05) is 20.8 Å². The number of halogens is 2. The van der Waals surface area contributed by atoms with Gasteiger partial charge in [-0.3, -0.25) is 0 Å². The predicted molar refractivity (Wildman–Crippen MR) is 63.4 cm³/mol. The Hall–Kier alpha value is -1.00. The summed E-state index contributed by atoms with van der Waals surface area (Å²) in [5.74, 6) is -1.47. The van der Waals surface area contributed by atoms with Gasteiger partial charge in [0.15, 0.2) is 0 Å². The Morgan fingerprint density at radius 3 is 2.12 bits per heavy atom. The minimum Gasteiger partial charge on any atom is -0.388 e. The molecule has 0 unspecified atom stereocenters. The third-order valence-corrected chi connectivity index (χ3v) is 2.92. The molecular weight excluding hydrogens is 224 g/mol. The first kappa shape index (κ1) is 14.1. The maximum atomic E-state index is 13.4. The van der Waals surface area contributed by atoms with Gasteiger partial charge in [0.1, 0.15) is 11.6 Å². The van der Waals surface area contributed by atoms with Gasteiger partial charge < -0.3 is 10.8 Å². The fraction of sp³-hybridized carbons (Fsp3) is 0.538. The molecule has 0 spiro atoms. The molecule has 4 heteroatoms. The lowest BCUT2D eigenvalue weighted by Crippen LogP contribution is -2.36. The zero-order valence-corrected chi connectivity index (χ0v) is 10.4. The quantitative estimate of drug-likeness (QED) is 0.857. The van der Waals surface area contributed by atoms with Crippen LogP contribution in [0.25, 0.3) is 0 Å². The van der Waals surface area contributed by atoms with Crippen LogP contribution < -0.4 is 5.73 Å². The first-order valence-electron chi connectivity index (χ1n) is 5.61. The Bertz CT molecular complexity index is 367. The van der Waals surface area contributed by atoms with Crippen LogP contribution in [0.2, 0.25) is 0 Å². The SMILES string of the molecule is CC(C)(C)[C@@H](N)C[C@H](O)c1c(F)cccc1F. The Morgan fingerprint density at radius 1 is 1.24 bits per heavy atom. The van der Waals surface area contributed by atoms with E-state index in [2.05, 4.69) is 0 Å². The van der Waals surface area contributed by atoms with Crippen LogP contribution in [0.4, 0.5) is 8.78 Å². The topological polar surface area (TPSA) is 46.2 Å². The summed E-state index contributed by atoms with van der Waals surface area (Å²) in [7, 11) is 0. The second-order valence-electron chi connectivity index (χ2n) is 5.36. The van der Waals surface area contributed by atoms with Gasteiger partial charge in [-0.25, -0.2) is 8.78 Å². The highest BCUT2D eigenvalue weighted by atomic mass is 19.1. The zero-order chi connectivity index (χ0) is 13.2. The number of hydrogen-bond acceptors (Lipinski definition) is 2. The molecule has 0 radical (unpaired) electrons. The van der Waals surface area contributed by atoms with Gasteiger partial charge in [0.25, 0.3) is 0 Å². The molecule has 0 bridgehead atoms. The summed E-state index contributed by atoms with van der Waals surface area (Å²) in [6, 6.07) is 3.19. The molecule has 0 aromatic heterocycles. The molecule has 96 valence electrons. The van der Waals surface area contributed by atoms with Crippen LogP contribution in [-0.4, -0.2) is 11.1 Å². The van der Waals surface area contributed by atoms with Crippen molar-refractivity contribution in [2.75, 3.05) is 0 Å². The van der Waals surface area contributed by atoms with Crippen LogP contribution in [0, 0.1) is 17.0 Å². The number of rotatable bonds is 3. The van der Waals surface area contributed by atoms with Crippen molar-refractivity contribution in [3.63, 3.8) is 0 Å². The maximum Gasteiger partial charge on any atom is 0.131 e. The van der Waals surface area contributed by atoms with Gasteiger partial charge in [-0.05, 0) is 24.0 Å². The Morgan fingerprint density at radius 2 is 1.71 bits per heavy atom. The Labute approximate surface area is 100 Å². The maximum absolute atomic E-state index is 13.4. The van der Waals surface area contributed by atoms with Crippen molar-refractivity contribution in [2.45, 2.75) is 39.3 Å². The highest BCUT2D eigenvalue weighted by Crippen LogP contribution is 2.29. The number of aliphatic hydroxyl groups excluding tert-OH is 1. The van der Waals surface area contributed by atoms with E-state index in [-0.39, 0.29) is 23.4 Å². The van der Waals surface area contributed by atoms with Crippen LogP contribution in [0.15, 0.2) is 18.2 Å². The minimum absolute atomic E-state index is 0.126. The van der Waals surface area contributed by atoms with Crippen LogP contribution >= 0.6 is 0 Å². The van der Waals surface area contributed by atoms with Crippen molar-refractivity contribution >= 4 is 0 Å². The molecule has 0 aliphatic heterocycles. The lowest BCUT2D eigenvalue weighted by atomic mass is 9.83. The van der Waals surface area contributed by atoms with E-state index in [4.69, 9.17) is 5.73 Å². The largest absolute Gasteiger partial charge is 0.388 e. The average molecular weight is 243 g/mol. The van der Waals surface area contributed by atoms with Gasteiger partial charge >= 0.3 is 0 Å². The molecule has 1 rings (SSSR count). The molecule has 2 atom stereocenters. The Balaban J connectivity index is 2.87. The third-order valence-electron chi connectivity index (χ3n) is 2.92. The summed E-state index contributed by atoms with van der Waals surface area (Å²) in [5, 5.41) is 9.86. The summed E-state index contributed by atoms with van der Waals surface area (Å²) >= 11 is 0. The molecule has 0 heterocycles. The molecule has 0 aliphatic rings. The van der Waals surface area contributed by atoms with Crippen LogP contribution in [0.5, 0.6) is 0 Å². The van der Waals surface area contributed by atoms with Gasteiger partial charge in [-0.15, -0.1) is 0 Å². The van der Waals surface area contributed by atoms with E-state index in [9.17, 15) is 13.9 Å². The van der Waals surface area contributed by atoms with Crippen molar-refractivity contribution in [2.24, 2.45) is 11.1 Å². The lowest BCUT2D eigenvalue weighted by molar-refractivity contribution is 0.126. The molecule has 0 amide bonds. The fourth-order valence-electron chi connectivity index (χ4n) is 1.54. The van der Waals surface area contributed by atoms with Crippen LogP contribution in [0.3, 0.4) is 0 Å². The van der Waals surface area contributed by atoms with Gasteiger partial charge in [0, 0.05) is 6.04 Å². The molecule has 0 fully saturated rings. The zero-order valence-electron chi connectivity index (χ0n) is 10.4. The summed E-state index contributed by atoms with van der Waals surface area (Å²) in [4.78, 5) is 0. The first-order chi connectivity index (χ1) is 7.73. The van der Waals surface area contributed by atoms with Gasteiger partial charge in [-0.2, -0.15) is 0 Å². The monoisotopic (exact) mass is 243 g/mol. The van der Waals surface area contributed by atoms with Crippen molar-refractivity contribution in [1.82, 2.24) is 0 Å². The van der Waals surface area contributed by atoms with Crippen LogP contribution in [0.1, 0.15) is 38.9 Å². The normalized spacial score (nSPS) is 15.7. The summed E-state index contributed by atoms with van der Waals surface area (Å²) in [6.45, 7) is 5.76. The third kappa shape index (κ3) is 3.48. The summed E-state index contributed by atoms with van der Waals surface area (Å²) < 4.78 is 26.8. The van der Waals surface area contributed by atoms with Crippen LogP contribution in [-0.2, 0) is 0 Å². The molecule has 1 aromatic carbocycles. The Kier molecular flexibility index (Phi) is 4.22. The highest BCUT2D eigenvalue weighted by Gasteiger charge is 2.26. The molecule has 0 saturated heterocycles. The number of nitrogens with two attached hydrogens (primary N) is 1. The second-order valence-corrected chi connectivity index (χ2v) is 5.36. The molecular formula is C13H19F2NO. The van der Waals surface area contributed by atoms with Gasteiger partial charge in [-0.1, -0.05) is 26.8 Å². The lowest BCUT2D eigenvalue weighted by Gasteiger charge is -2.29. The van der Waals surface area contributed by atoms with Crippen molar-refractivity contribution < 1.29 is 13.9 Å². The fourth-order valence-corrected chi connectivity index (χ4v) is 1.54. The van der Waals surface area contributed by atoms with Gasteiger partial charge in [0.05, 0.1) is 11.7 Å². The second kappa shape index (κ2) is 5.10. The molecule has 3 N–H and O–H groups in total. The summed E-state index contributed by atoms with van der Waals surface area (Å²) in [5.41, 5.74) is 5.37. The highest BCUT2D eigenvalue weighted by molar-refractivity contribution is 5.22. The van der Waals surface area contributed by atoms with E-state index in [1.165, 1.54) is 6.07 Å². The molecule has 0 saturated carbocycles.